The van der Waals surface area contributed by atoms with E-state index in [1.165, 1.54) is 11.1 Å². The zero-order valence-corrected chi connectivity index (χ0v) is 18.1. The molecule has 5 heteroatoms. The summed E-state index contributed by atoms with van der Waals surface area (Å²) in [6, 6.07) is 19.1. The number of benzene rings is 2. The van der Waals surface area contributed by atoms with E-state index in [4.69, 9.17) is 5.73 Å². The Kier molecular flexibility index (Phi) is 4.80. The number of nitrogens with zero attached hydrogens (tertiary/aromatic N) is 3. The lowest BCUT2D eigenvalue weighted by Gasteiger charge is -2.20. The van der Waals surface area contributed by atoms with Crippen molar-refractivity contribution in [1.29, 1.82) is 5.26 Å². The molecule has 2 aromatic heterocycles. The highest BCUT2D eigenvalue weighted by molar-refractivity contribution is 9.10. The number of nitrogen functional groups attached to an aromatic ring is 1. The van der Waals surface area contributed by atoms with Crippen LogP contribution in [0.1, 0.15) is 35.2 Å². The van der Waals surface area contributed by atoms with Gasteiger partial charge >= 0.3 is 0 Å². The topological polar surface area (TPSA) is 67.6 Å². The number of pyridine rings is 1. The number of hydrogen-bond donors (Lipinski definition) is 1. The van der Waals surface area contributed by atoms with Crippen molar-refractivity contribution in [3.8, 4) is 17.2 Å². The summed E-state index contributed by atoms with van der Waals surface area (Å²) in [5.74, 6) is 0.345. The van der Waals surface area contributed by atoms with Crippen LogP contribution in [0.15, 0.2) is 59.2 Å². The molecule has 5 rings (SSSR count). The first-order valence-electron chi connectivity index (χ1n) is 10.2. The summed E-state index contributed by atoms with van der Waals surface area (Å²) in [5, 5.41) is 11.1. The number of hydrogen-bond acceptors (Lipinski definition) is 3. The maximum Gasteiger partial charge on any atom is 0.142 e. The molecule has 2 aromatic carbocycles. The van der Waals surface area contributed by atoms with E-state index < -0.39 is 0 Å². The molecule has 0 fully saturated rings. The molecule has 148 valence electrons. The lowest BCUT2D eigenvalue weighted by atomic mass is 9.86. The summed E-state index contributed by atoms with van der Waals surface area (Å²) in [4.78, 5) is 4.58. The highest BCUT2D eigenvalue weighted by atomic mass is 79.9. The number of para-hydroxylation sites is 1. The van der Waals surface area contributed by atoms with E-state index in [-0.39, 0.29) is 0 Å². The third-order valence-corrected chi connectivity index (χ3v) is 6.47. The smallest absolute Gasteiger partial charge is 0.142 e. The fourth-order valence-electron chi connectivity index (χ4n) is 4.54. The van der Waals surface area contributed by atoms with Crippen LogP contribution in [0.2, 0.25) is 0 Å². The average Bonchev–Trinajstić information content (AvgIpc) is 3.12. The molecule has 0 spiro atoms. The van der Waals surface area contributed by atoms with Gasteiger partial charge in [0.05, 0.1) is 0 Å². The van der Waals surface area contributed by atoms with Crippen LogP contribution >= 0.6 is 15.9 Å². The number of aromatic nitrogens is 2. The van der Waals surface area contributed by atoms with Crippen molar-refractivity contribution in [3.05, 3.63) is 81.6 Å². The van der Waals surface area contributed by atoms with Crippen LogP contribution in [0.5, 0.6) is 0 Å². The molecule has 0 radical (unpaired) electrons. The van der Waals surface area contributed by atoms with Crippen LogP contribution in [-0.2, 0) is 19.4 Å². The standard InChI is InChI=1S/C25H21BrN4/c26-17-11-9-16(10-12-17)14-30-15-21(18-5-2-4-8-23(18)30)24-19-6-1-3-7-22(19)29-25(28)20(24)13-27/h2,4-5,8-12,15H,1,3,6-7,14H2,(H2,28,29). The summed E-state index contributed by atoms with van der Waals surface area (Å²) in [5.41, 5.74) is 13.4. The Labute approximate surface area is 184 Å². The van der Waals surface area contributed by atoms with Crippen LogP contribution in [-0.4, -0.2) is 9.55 Å². The Bertz CT molecular complexity index is 1300. The fourth-order valence-corrected chi connectivity index (χ4v) is 4.80. The van der Waals surface area contributed by atoms with Gasteiger partial charge < -0.3 is 10.3 Å². The number of anilines is 1. The Balaban J connectivity index is 1.74. The van der Waals surface area contributed by atoms with Gasteiger partial charge in [0.2, 0.25) is 0 Å². The van der Waals surface area contributed by atoms with Crippen LogP contribution < -0.4 is 5.73 Å². The summed E-state index contributed by atoms with van der Waals surface area (Å²) in [7, 11) is 0. The Morgan fingerprint density at radius 3 is 2.63 bits per heavy atom. The second-order valence-electron chi connectivity index (χ2n) is 7.81. The van der Waals surface area contributed by atoms with E-state index >= 15 is 0 Å². The number of rotatable bonds is 3. The first kappa shape index (κ1) is 18.9. The molecular formula is C25H21BrN4. The van der Waals surface area contributed by atoms with Gasteiger partial charge in [0, 0.05) is 44.9 Å². The molecule has 0 saturated carbocycles. The highest BCUT2D eigenvalue weighted by Gasteiger charge is 2.24. The van der Waals surface area contributed by atoms with E-state index in [1.807, 2.05) is 0 Å². The van der Waals surface area contributed by atoms with Gasteiger partial charge in [0.1, 0.15) is 17.5 Å². The lowest BCUT2D eigenvalue weighted by molar-refractivity contribution is 0.670. The number of fused-ring (bicyclic) bond motifs is 2. The van der Waals surface area contributed by atoms with Crippen LogP contribution in [0, 0.1) is 11.3 Å². The average molecular weight is 457 g/mol. The van der Waals surface area contributed by atoms with Gasteiger partial charge in [-0.05, 0) is 55.0 Å². The third-order valence-electron chi connectivity index (χ3n) is 5.94. The third kappa shape index (κ3) is 3.18. The van der Waals surface area contributed by atoms with Gasteiger partial charge in [-0.3, -0.25) is 0 Å². The number of nitrogens with two attached hydrogens (primary N) is 1. The Hall–Kier alpha value is -3.10. The molecular weight excluding hydrogens is 436 g/mol. The zero-order chi connectivity index (χ0) is 20.7. The SMILES string of the molecule is N#Cc1c(N)nc2c(c1-c1cn(Cc3ccc(Br)cc3)c3ccccc13)CCCC2. The predicted octanol–water partition coefficient (Wildman–Crippen LogP) is 5.85. The van der Waals surface area contributed by atoms with Gasteiger partial charge in [-0.2, -0.15) is 5.26 Å². The van der Waals surface area contributed by atoms with Crippen LogP contribution in [0.25, 0.3) is 22.0 Å². The maximum absolute atomic E-state index is 9.92. The molecule has 4 aromatic rings. The molecule has 0 saturated heterocycles. The summed E-state index contributed by atoms with van der Waals surface area (Å²) in [6.07, 6.45) is 6.29. The first-order valence-corrected chi connectivity index (χ1v) is 11.0. The second kappa shape index (κ2) is 7.62. The predicted molar refractivity (Wildman–Crippen MR) is 124 cm³/mol. The van der Waals surface area contributed by atoms with Crippen molar-refractivity contribution in [3.63, 3.8) is 0 Å². The van der Waals surface area contributed by atoms with Gasteiger partial charge in [-0.15, -0.1) is 0 Å². The first-order chi connectivity index (χ1) is 14.7. The minimum Gasteiger partial charge on any atom is -0.383 e. The van der Waals surface area contributed by atoms with Gasteiger partial charge in [0.25, 0.3) is 0 Å². The highest BCUT2D eigenvalue weighted by Crippen LogP contribution is 2.40. The molecule has 0 atom stereocenters. The monoisotopic (exact) mass is 456 g/mol. The Morgan fingerprint density at radius 1 is 1.07 bits per heavy atom. The van der Waals surface area contributed by atoms with Crippen molar-refractivity contribution >= 4 is 32.7 Å². The molecule has 2 heterocycles. The quantitative estimate of drug-likeness (QED) is 0.420. The molecule has 2 N–H and O–H groups in total. The van der Waals surface area contributed by atoms with Crippen molar-refractivity contribution in [2.24, 2.45) is 0 Å². The van der Waals surface area contributed by atoms with E-state index in [2.05, 4.69) is 86.3 Å². The molecule has 0 bridgehead atoms. The molecule has 1 aliphatic rings. The zero-order valence-electron chi connectivity index (χ0n) is 16.5. The molecule has 30 heavy (non-hydrogen) atoms. The second-order valence-corrected chi connectivity index (χ2v) is 8.72. The van der Waals surface area contributed by atoms with Crippen molar-refractivity contribution in [2.45, 2.75) is 32.2 Å². The Morgan fingerprint density at radius 2 is 1.83 bits per heavy atom. The van der Waals surface area contributed by atoms with Gasteiger partial charge in [0.15, 0.2) is 0 Å². The molecule has 1 aliphatic carbocycles. The summed E-state index contributed by atoms with van der Waals surface area (Å²) in [6.45, 7) is 0.762. The number of halogens is 1. The van der Waals surface area contributed by atoms with Crippen molar-refractivity contribution < 1.29 is 0 Å². The maximum atomic E-state index is 9.92. The molecule has 0 unspecified atom stereocenters. The minimum absolute atomic E-state index is 0.345. The minimum atomic E-state index is 0.345. The fraction of sp³-hybridized carbons (Fsp3) is 0.200. The van der Waals surface area contributed by atoms with Gasteiger partial charge in [-0.1, -0.05) is 46.3 Å². The largest absolute Gasteiger partial charge is 0.383 e. The van der Waals surface area contributed by atoms with E-state index in [0.717, 1.165) is 64.4 Å². The van der Waals surface area contributed by atoms with E-state index in [0.29, 0.717) is 11.4 Å². The van der Waals surface area contributed by atoms with E-state index in [9.17, 15) is 5.26 Å². The summed E-state index contributed by atoms with van der Waals surface area (Å²) >= 11 is 3.51. The summed E-state index contributed by atoms with van der Waals surface area (Å²) < 4.78 is 3.34. The van der Waals surface area contributed by atoms with Crippen LogP contribution in [0.3, 0.4) is 0 Å². The lowest BCUT2D eigenvalue weighted by Crippen LogP contribution is -2.11. The molecule has 4 nitrogen and oxygen atoms in total. The number of nitriles is 1. The molecule has 0 aliphatic heterocycles. The van der Waals surface area contributed by atoms with Gasteiger partial charge in [-0.25, -0.2) is 4.98 Å². The molecule has 0 amide bonds. The van der Waals surface area contributed by atoms with E-state index in [1.54, 1.807) is 0 Å². The normalized spacial score (nSPS) is 13.2. The van der Waals surface area contributed by atoms with Crippen molar-refractivity contribution in [1.82, 2.24) is 9.55 Å². The number of aryl methyl sites for hydroxylation is 1. The van der Waals surface area contributed by atoms with Crippen LogP contribution in [0.4, 0.5) is 5.82 Å². The van der Waals surface area contributed by atoms with Crippen molar-refractivity contribution in [2.75, 3.05) is 5.73 Å².